The molecule has 1 saturated heterocycles. The third kappa shape index (κ3) is 4.90. The van der Waals surface area contributed by atoms with Crippen molar-refractivity contribution >= 4 is 5.91 Å². The molecule has 1 aromatic heterocycles. The molecular formula is C18H21N3O4. The van der Waals surface area contributed by atoms with Crippen molar-refractivity contribution in [3.05, 3.63) is 48.3 Å². The maximum absolute atomic E-state index is 12.2. The molecule has 2 heterocycles. The number of hydrogen-bond acceptors (Lipinski definition) is 6. The lowest BCUT2D eigenvalue weighted by molar-refractivity contribution is -0.135. The lowest BCUT2D eigenvalue weighted by Crippen LogP contribution is -2.33. The van der Waals surface area contributed by atoms with Gasteiger partial charge in [-0.1, -0.05) is 30.3 Å². The van der Waals surface area contributed by atoms with Crippen LogP contribution in [0.15, 0.2) is 42.7 Å². The van der Waals surface area contributed by atoms with Crippen molar-refractivity contribution in [2.45, 2.75) is 19.1 Å². The molecule has 1 atom stereocenters. The van der Waals surface area contributed by atoms with Crippen LogP contribution in [-0.4, -0.2) is 53.7 Å². The van der Waals surface area contributed by atoms with E-state index < -0.39 is 0 Å². The molecule has 7 heteroatoms. The van der Waals surface area contributed by atoms with Crippen LogP contribution < -0.4 is 9.47 Å². The van der Waals surface area contributed by atoms with Gasteiger partial charge in [0, 0.05) is 13.0 Å². The molecule has 25 heavy (non-hydrogen) atoms. The van der Waals surface area contributed by atoms with Gasteiger partial charge in [0.15, 0.2) is 0 Å². The maximum Gasteiger partial charge on any atom is 0.248 e. The summed E-state index contributed by atoms with van der Waals surface area (Å²) in [4.78, 5) is 22.2. The van der Waals surface area contributed by atoms with E-state index in [1.165, 1.54) is 19.5 Å². The van der Waals surface area contributed by atoms with E-state index in [2.05, 4.69) is 9.97 Å². The molecule has 3 rings (SSSR count). The lowest BCUT2D eigenvalue weighted by atomic mass is 10.2. The molecule has 0 aliphatic carbocycles. The van der Waals surface area contributed by atoms with Crippen LogP contribution in [0.25, 0.3) is 0 Å². The molecule has 132 valence electrons. The Morgan fingerprint density at radius 1 is 1.24 bits per heavy atom. The highest BCUT2D eigenvalue weighted by Gasteiger charge is 2.28. The minimum Gasteiger partial charge on any atom is -0.480 e. The molecule has 1 aliphatic rings. The quantitative estimate of drug-likeness (QED) is 0.762. The molecule has 0 radical (unpaired) electrons. The smallest absolute Gasteiger partial charge is 0.248 e. The van der Waals surface area contributed by atoms with Gasteiger partial charge in [0.25, 0.3) is 0 Å². The van der Waals surface area contributed by atoms with Crippen molar-refractivity contribution in [1.29, 1.82) is 0 Å². The third-order valence-electron chi connectivity index (χ3n) is 3.92. The number of likely N-dealkylation sites (tertiary alicyclic amines) is 1. The molecule has 0 saturated carbocycles. The van der Waals surface area contributed by atoms with Crippen LogP contribution in [0.4, 0.5) is 0 Å². The topological polar surface area (TPSA) is 73.8 Å². The van der Waals surface area contributed by atoms with Crippen molar-refractivity contribution in [2.24, 2.45) is 0 Å². The number of amides is 1. The fourth-order valence-electron chi connectivity index (χ4n) is 2.63. The Balaban J connectivity index is 1.43. The molecule has 0 N–H and O–H groups in total. The Hall–Kier alpha value is -2.67. The van der Waals surface area contributed by atoms with Crippen molar-refractivity contribution in [2.75, 3.05) is 26.8 Å². The Morgan fingerprint density at radius 3 is 2.84 bits per heavy atom. The highest BCUT2D eigenvalue weighted by atomic mass is 16.5. The molecule has 1 aromatic carbocycles. The van der Waals surface area contributed by atoms with Gasteiger partial charge in [0.2, 0.25) is 17.7 Å². The Morgan fingerprint density at radius 2 is 2.04 bits per heavy atom. The van der Waals surface area contributed by atoms with Gasteiger partial charge in [-0.3, -0.25) is 9.78 Å². The highest BCUT2D eigenvalue weighted by molar-refractivity contribution is 5.77. The largest absolute Gasteiger partial charge is 0.480 e. The van der Waals surface area contributed by atoms with E-state index >= 15 is 0 Å². The summed E-state index contributed by atoms with van der Waals surface area (Å²) in [6.07, 6.45) is 3.71. The summed E-state index contributed by atoms with van der Waals surface area (Å²) >= 11 is 0. The average Bonchev–Trinajstić information content (AvgIpc) is 3.11. The summed E-state index contributed by atoms with van der Waals surface area (Å²) in [7, 11) is 1.53. The number of methoxy groups -OCH3 is 1. The van der Waals surface area contributed by atoms with Crippen molar-refractivity contribution in [3.8, 4) is 11.8 Å². The molecule has 1 aliphatic heterocycles. The van der Waals surface area contributed by atoms with E-state index in [1.54, 1.807) is 4.90 Å². The summed E-state index contributed by atoms with van der Waals surface area (Å²) < 4.78 is 16.3. The van der Waals surface area contributed by atoms with E-state index in [-0.39, 0.29) is 18.6 Å². The zero-order valence-corrected chi connectivity index (χ0v) is 14.1. The molecular weight excluding hydrogens is 322 g/mol. The molecule has 2 aromatic rings. The number of carbonyl (C=O) groups is 1. The van der Waals surface area contributed by atoms with Gasteiger partial charge in [-0.05, 0) is 5.56 Å². The second-order valence-corrected chi connectivity index (χ2v) is 5.75. The van der Waals surface area contributed by atoms with Gasteiger partial charge >= 0.3 is 0 Å². The third-order valence-corrected chi connectivity index (χ3v) is 3.92. The molecule has 0 spiro atoms. The fourth-order valence-corrected chi connectivity index (χ4v) is 2.63. The van der Waals surface area contributed by atoms with Crippen molar-refractivity contribution in [1.82, 2.24) is 14.9 Å². The van der Waals surface area contributed by atoms with Crippen LogP contribution in [0.2, 0.25) is 0 Å². The van der Waals surface area contributed by atoms with Crippen LogP contribution >= 0.6 is 0 Å². The number of rotatable bonds is 7. The average molecular weight is 343 g/mol. The van der Waals surface area contributed by atoms with Crippen molar-refractivity contribution in [3.63, 3.8) is 0 Å². The first-order valence-electron chi connectivity index (χ1n) is 8.16. The van der Waals surface area contributed by atoms with Gasteiger partial charge in [0.05, 0.1) is 32.7 Å². The molecule has 7 nitrogen and oxygen atoms in total. The number of ether oxygens (including phenoxy) is 3. The summed E-state index contributed by atoms with van der Waals surface area (Å²) in [5, 5.41) is 0. The molecule has 0 unspecified atom stereocenters. The van der Waals surface area contributed by atoms with E-state index in [4.69, 9.17) is 14.2 Å². The van der Waals surface area contributed by atoms with Gasteiger partial charge in [-0.15, -0.1) is 0 Å². The van der Waals surface area contributed by atoms with E-state index in [0.717, 1.165) is 12.0 Å². The minimum absolute atomic E-state index is 0.0289. The number of hydrogen-bond donors (Lipinski definition) is 0. The predicted octanol–water partition coefficient (Wildman–Crippen LogP) is 1.68. The van der Waals surface area contributed by atoms with Gasteiger partial charge in [-0.25, -0.2) is 0 Å². The zero-order valence-electron chi connectivity index (χ0n) is 14.1. The second-order valence-electron chi connectivity index (χ2n) is 5.75. The van der Waals surface area contributed by atoms with E-state index in [1.807, 2.05) is 30.3 Å². The summed E-state index contributed by atoms with van der Waals surface area (Å²) in [5.41, 5.74) is 1.05. The lowest BCUT2D eigenvalue weighted by Gasteiger charge is -2.17. The van der Waals surface area contributed by atoms with Crippen LogP contribution in [0, 0.1) is 0 Å². The molecule has 1 fully saturated rings. The standard InChI is InChI=1S/C18H21N3O4/c1-23-16-9-19-10-17(20-16)25-15-7-8-21(11-15)18(22)13-24-12-14-5-3-2-4-6-14/h2-6,9-10,15H,7-8,11-13H2,1H3/t15-/m1/s1. The van der Waals surface area contributed by atoms with Gasteiger partial charge in [-0.2, -0.15) is 4.98 Å². The van der Waals surface area contributed by atoms with Crippen LogP contribution in [0.3, 0.4) is 0 Å². The number of aromatic nitrogens is 2. The zero-order chi connectivity index (χ0) is 17.5. The monoisotopic (exact) mass is 343 g/mol. The first-order valence-corrected chi connectivity index (χ1v) is 8.16. The van der Waals surface area contributed by atoms with Crippen molar-refractivity contribution < 1.29 is 19.0 Å². The minimum atomic E-state index is -0.0977. The van der Waals surface area contributed by atoms with E-state index in [9.17, 15) is 4.79 Å². The summed E-state index contributed by atoms with van der Waals surface area (Å²) in [6.45, 7) is 1.67. The Bertz CT molecular complexity index is 696. The Labute approximate surface area is 146 Å². The number of nitrogens with zero attached hydrogens (tertiary/aromatic N) is 3. The SMILES string of the molecule is COc1cncc(O[C@@H]2CCN(C(=O)COCc3ccccc3)C2)n1. The van der Waals surface area contributed by atoms with Gasteiger partial charge < -0.3 is 19.1 Å². The number of carbonyl (C=O) groups excluding carboxylic acids is 1. The number of benzene rings is 1. The second kappa shape index (κ2) is 8.43. The van der Waals surface area contributed by atoms with Crippen LogP contribution in [0.5, 0.6) is 11.8 Å². The predicted molar refractivity (Wildman–Crippen MR) is 90.3 cm³/mol. The first kappa shape index (κ1) is 17.2. The maximum atomic E-state index is 12.2. The summed E-state index contributed by atoms with van der Waals surface area (Å²) in [6, 6.07) is 9.79. The summed E-state index contributed by atoms with van der Waals surface area (Å²) in [5.74, 6) is 0.774. The highest BCUT2D eigenvalue weighted by Crippen LogP contribution is 2.18. The van der Waals surface area contributed by atoms with Crippen LogP contribution in [-0.2, 0) is 16.1 Å². The normalized spacial score (nSPS) is 16.7. The van der Waals surface area contributed by atoms with Crippen LogP contribution in [0.1, 0.15) is 12.0 Å². The first-order chi connectivity index (χ1) is 12.2. The molecule has 0 bridgehead atoms. The fraction of sp³-hybridized carbons (Fsp3) is 0.389. The molecule has 1 amide bonds. The van der Waals surface area contributed by atoms with Gasteiger partial charge in [0.1, 0.15) is 12.7 Å². The van der Waals surface area contributed by atoms with E-state index in [0.29, 0.717) is 31.5 Å². The Kier molecular flexibility index (Phi) is 5.79.